The summed E-state index contributed by atoms with van der Waals surface area (Å²) >= 11 is 0. The number of carbonyl (C=O) groups is 2. The molecule has 8 heteroatoms. The predicted molar refractivity (Wildman–Crippen MR) is 112 cm³/mol. The second kappa shape index (κ2) is 8.22. The average Bonchev–Trinajstić information content (AvgIpc) is 3.08. The third kappa shape index (κ3) is 4.82. The van der Waals surface area contributed by atoms with E-state index in [1.54, 1.807) is 12.1 Å². The zero-order valence-electron chi connectivity index (χ0n) is 17.7. The summed E-state index contributed by atoms with van der Waals surface area (Å²) in [6.45, 7) is 8.68. The number of carbonyl (C=O) groups excluding carboxylic acids is 2. The Morgan fingerprint density at radius 1 is 1.23 bits per heavy atom. The van der Waals surface area contributed by atoms with Crippen LogP contribution in [-0.4, -0.2) is 33.8 Å². The number of rotatable bonds is 5. The third-order valence-electron chi connectivity index (χ3n) is 4.69. The van der Waals surface area contributed by atoms with Gasteiger partial charge in [0, 0.05) is 18.1 Å². The van der Waals surface area contributed by atoms with Gasteiger partial charge in [-0.15, -0.1) is 0 Å². The molecule has 1 amide bonds. The van der Waals surface area contributed by atoms with Crippen molar-refractivity contribution in [2.75, 3.05) is 12.4 Å². The Kier molecular flexibility index (Phi) is 5.87. The van der Waals surface area contributed by atoms with Crippen molar-refractivity contribution < 1.29 is 18.7 Å². The summed E-state index contributed by atoms with van der Waals surface area (Å²) in [5.74, 6) is -1.65. The summed E-state index contributed by atoms with van der Waals surface area (Å²) < 4.78 is 20.1. The van der Waals surface area contributed by atoms with Gasteiger partial charge in [0.05, 0.1) is 29.6 Å². The van der Waals surface area contributed by atoms with Crippen molar-refractivity contribution in [3.8, 4) is 0 Å². The number of methoxy groups -OCH3 is 1. The molecule has 0 bridgehead atoms. The largest absolute Gasteiger partial charge is 0.465 e. The Balaban J connectivity index is 1.95. The van der Waals surface area contributed by atoms with Crippen molar-refractivity contribution in [3.63, 3.8) is 0 Å². The summed E-state index contributed by atoms with van der Waals surface area (Å²) in [5, 5.41) is 7.99. The van der Waals surface area contributed by atoms with Crippen molar-refractivity contribution in [2.45, 2.75) is 40.7 Å². The second-order valence-electron chi connectivity index (χ2n) is 8.37. The molecule has 30 heavy (non-hydrogen) atoms. The van der Waals surface area contributed by atoms with Crippen LogP contribution in [0.3, 0.4) is 0 Å². The molecule has 2 heterocycles. The van der Waals surface area contributed by atoms with Crippen molar-refractivity contribution in [3.05, 3.63) is 53.2 Å². The van der Waals surface area contributed by atoms with E-state index in [4.69, 9.17) is 4.74 Å². The first-order valence-electron chi connectivity index (χ1n) is 9.61. The molecule has 0 aliphatic rings. The maximum atomic E-state index is 13.5. The van der Waals surface area contributed by atoms with Crippen LogP contribution in [0, 0.1) is 18.2 Å². The van der Waals surface area contributed by atoms with Gasteiger partial charge in [0.25, 0.3) is 5.91 Å². The first-order chi connectivity index (χ1) is 14.1. The lowest BCUT2D eigenvalue weighted by atomic mass is 9.92. The maximum Gasteiger partial charge on any atom is 0.340 e. The minimum atomic E-state index is -0.598. The molecular formula is C22H25FN4O3. The van der Waals surface area contributed by atoms with Crippen molar-refractivity contribution in [1.29, 1.82) is 0 Å². The molecule has 2 aromatic heterocycles. The van der Waals surface area contributed by atoms with Crippen LogP contribution in [0.5, 0.6) is 0 Å². The number of hydrogen-bond acceptors (Lipinski definition) is 5. The number of nitrogens with one attached hydrogen (secondary N) is 1. The fraction of sp³-hybridized carbons (Fsp3) is 0.364. The molecule has 1 aromatic carbocycles. The Bertz CT molecular complexity index is 1120. The quantitative estimate of drug-likeness (QED) is 0.630. The minimum absolute atomic E-state index is 0.0469. The predicted octanol–water partition coefficient (Wildman–Crippen LogP) is 4.35. The monoisotopic (exact) mass is 412 g/mol. The number of amides is 1. The first-order valence-corrected chi connectivity index (χ1v) is 9.61. The Morgan fingerprint density at radius 3 is 2.60 bits per heavy atom. The van der Waals surface area contributed by atoms with E-state index >= 15 is 0 Å². The zero-order chi connectivity index (χ0) is 22.1. The molecular weight excluding hydrogens is 387 g/mol. The molecule has 3 rings (SSSR count). The van der Waals surface area contributed by atoms with E-state index in [1.807, 2.05) is 10.9 Å². The van der Waals surface area contributed by atoms with Gasteiger partial charge in [-0.2, -0.15) is 5.10 Å². The average molecular weight is 412 g/mol. The summed E-state index contributed by atoms with van der Waals surface area (Å²) in [6.07, 6.45) is 2.81. The smallest absolute Gasteiger partial charge is 0.340 e. The van der Waals surface area contributed by atoms with Gasteiger partial charge >= 0.3 is 5.97 Å². The third-order valence-corrected chi connectivity index (χ3v) is 4.69. The molecule has 0 saturated carbocycles. The van der Waals surface area contributed by atoms with E-state index in [2.05, 4.69) is 36.2 Å². The van der Waals surface area contributed by atoms with Gasteiger partial charge in [-0.25, -0.2) is 14.2 Å². The Hall–Kier alpha value is -3.29. The van der Waals surface area contributed by atoms with E-state index in [9.17, 15) is 14.0 Å². The van der Waals surface area contributed by atoms with Crippen LogP contribution in [-0.2, 0) is 11.3 Å². The second-order valence-corrected chi connectivity index (χ2v) is 8.37. The minimum Gasteiger partial charge on any atom is -0.465 e. The number of halogens is 1. The van der Waals surface area contributed by atoms with E-state index in [-0.39, 0.29) is 28.1 Å². The van der Waals surface area contributed by atoms with Crippen LogP contribution in [0.1, 0.15) is 53.7 Å². The molecule has 0 radical (unpaired) electrons. The van der Waals surface area contributed by atoms with E-state index < -0.39 is 17.7 Å². The highest BCUT2D eigenvalue weighted by molar-refractivity contribution is 6.09. The van der Waals surface area contributed by atoms with Crippen molar-refractivity contribution in [2.24, 2.45) is 5.41 Å². The number of nitrogens with zero attached hydrogens (tertiary/aromatic N) is 3. The molecule has 0 spiro atoms. The van der Waals surface area contributed by atoms with Gasteiger partial charge in [-0.1, -0.05) is 20.8 Å². The number of fused-ring (bicyclic) bond motifs is 1. The number of ether oxygens (including phenoxy) is 1. The number of hydrogen-bond donors (Lipinski definition) is 1. The normalized spacial score (nSPS) is 11.5. The first kappa shape index (κ1) is 21.4. The van der Waals surface area contributed by atoms with Crippen LogP contribution in [0.2, 0.25) is 0 Å². The van der Waals surface area contributed by atoms with Gasteiger partial charge in [-0.3, -0.25) is 9.48 Å². The Labute approximate surface area is 174 Å². The fourth-order valence-corrected chi connectivity index (χ4v) is 2.93. The lowest BCUT2D eigenvalue weighted by molar-refractivity contribution is 0.0602. The molecule has 0 unspecified atom stereocenters. The zero-order valence-corrected chi connectivity index (χ0v) is 17.7. The molecule has 0 aliphatic carbocycles. The molecule has 0 aliphatic heterocycles. The van der Waals surface area contributed by atoms with E-state index in [1.165, 1.54) is 26.2 Å². The topological polar surface area (TPSA) is 86.1 Å². The van der Waals surface area contributed by atoms with Gasteiger partial charge in [0.15, 0.2) is 0 Å². The maximum absolute atomic E-state index is 13.5. The molecule has 7 nitrogen and oxygen atoms in total. The summed E-state index contributed by atoms with van der Waals surface area (Å²) in [6, 6.07) is 5.74. The number of benzene rings is 1. The number of anilines is 1. The molecule has 158 valence electrons. The molecule has 0 fully saturated rings. The summed E-state index contributed by atoms with van der Waals surface area (Å²) in [7, 11) is 1.27. The SMILES string of the molecule is COC(=O)c1cc2nn(CCC(C)(C)C)cc2cc1NC(=O)c1ccc(F)c(C)n1. The standard InChI is InChI=1S/C22H25FN4O3/c1-13-16(23)6-7-17(24-13)20(28)25-19-10-14-12-27(9-8-22(2,3)4)26-18(14)11-15(19)21(29)30-5/h6-7,10-12H,8-9H2,1-5H3,(H,25,28). The van der Waals surface area contributed by atoms with Crippen LogP contribution in [0.15, 0.2) is 30.5 Å². The van der Waals surface area contributed by atoms with E-state index in [0.717, 1.165) is 18.4 Å². The molecule has 3 aromatic rings. The summed E-state index contributed by atoms with van der Waals surface area (Å²) in [5.41, 5.74) is 1.40. The number of esters is 1. The summed E-state index contributed by atoms with van der Waals surface area (Å²) in [4.78, 5) is 28.9. The fourth-order valence-electron chi connectivity index (χ4n) is 2.93. The lowest BCUT2D eigenvalue weighted by Crippen LogP contribution is -2.17. The lowest BCUT2D eigenvalue weighted by Gasteiger charge is -2.17. The number of pyridine rings is 1. The highest BCUT2D eigenvalue weighted by Gasteiger charge is 2.19. The number of aryl methyl sites for hydroxylation is 2. The molecule has 1 N–H and O–H groups in total. The van der Waals surface area contributed by atoms with Gasteiger partial charge < -0.3 is 10.1 Å². The van der Waals surface area contributed by atoms with Crippen molar-refractivity contribution >= 4 is 28.5 Å². The van der Waals surface area contributed by atoms with E-state index in [0.29, 0.717) is 5.52 Å². The molecule has 0 atom stereocenters. The van der Waals surface area contributed by atoms with Gasteiger partial charge in [-0.05, 0) is 43.0 Å². The number of aromatic nitrogens is 3. The highest BCUT2D eigenvalue weighted by atomic mass is 19.1. The van der Waals surface area contributed by atoms with Crippen LogP contribution in [0.25, 0.3) is 10.9 Å². The molecule has 0 saturated heterocycles. The van der Waals surface area contributed by atoms with Crippen LogP contribution >= 0.6 is 0 Å². The van der Waals surface area contributed by atoms with Crippen LogP contribution in [0.4, 0.5) is 10.1 Å². The highest BCUT2D eigenvalue weighted by Crippen LogP contribution is 2.26. The van der Waals surface area contributed by atoms with Gasteiger partial charge in [0.1, 0.15) is 11.5 Å². The van der Waals surface area contributed by atoms with Gasteiger partial charge in [0.2, 0.25) is 0 Å². The van der Waals surface area contributed by atoms with Crippen molar-refractivity contribution in [1.82, 2.24) is 14.8 Å². The Morgan fingerprint density at radius 2 is 1.97 bits per heavy atom. The van der Waals surface area contributed by atoms with Crippen LogP contribution < -0.4 is 5.32 Å².